The molecule has 0 saturated carbocycles. The summed E-state index contributed by atoms with van der Waals surface area (Å²) in [7, 11) is 0. The van der Waals surface area contributed by atoms with Gasteiger partial charge in [-0.15, -0.1) is 0 Å². The monoisotopic (exact) mass is 285 g/mol. The Bertz CT molecular complexity index is 702. The average molecular weight is 285 g/mol. The zero-order valence-corrected chi connectivity index (χ0v) is 11.4. The Morgan fingerprint density at radius 1 is 1.29 bits per heavy atom. The van der Waals surface area contributed by atoms with E-state index in [2.05, 4.69) is 21.4 Å². The van der Waals surface area contributed by atoms with Gasteiger partial charge in [0.2, 0.25) is 11.8 Å². The number of benzene rings is 1. The third kappa shape index (κ3) is 2.62. The van der Waals surface area contributed by atoms with Crippen molar-refractivity contribution < 1.29 is 4.92 Å². The molecule has 0 bridgehead atoms. The molecular weight excluding hydrogens is 270 g/mol. The van der Waals surface area contributed by atoms with E-state index in [4.69, 9.17) is 5.73 Å². The number of nitrogens with zero attached hydrogens (tertiary/aromatic N) is 3. The predicted molar refractivity (Wildman–Crippen MR) is 79.5 cm³/mol. The summed E-state index contributed by atoms with van der Waals surface area (Å²) >= 11 is 0. The van der Waals surface area contributed by atoms with Gasteiger partial charge in [0.25, 0.3) is 0 Å². The highest BCUT2D eigenvalue weighted by Crippen LogP contribution is 2.32. The van der Waals surface area contributed by atoms with Gasteiger partial charge in [-0.2, -0.15) is 4.98 Å². The van der Waals surface area contributed by atoms with Gasteiger partial charge < -0.3 is 11.1 Å². The minimum absolute atomic E-state index is 0.00731. The molecule has 7 heteroatoms. The molecule has 1 aromatic carbocycles. The number of aromatic nitrogens is 2. The van der Waals surface area contributed by atoms with E-state index in [1.807, 2.05) is 12.1 Å². The van der Waals surface area contributed by atoms with E-state index in [1.54, 1.807) is 0 Å². The van der Waals surface area contributed by atoms with Gasteiger partial charge >= 0.3 is 5.69 Å². The first kappa shape index (κ1) is 13.3. The Hall–Kier alpha value is -2.70. The van der Waals surface area contributed by atoms with Crippen molar-refractivity contribution in [1.82, 2.24) is 9.97 Å². The van der Waals surface area contributed by atoms with Gasteiger partial charge in [0.05, 0.1) is 4.92 Å². The Morgan fingerprint density at radius 3 is 2.90 bits per heavy atom. The topological polar surface area (TPSA) is 107 Å². The van der Waals surface area contributed by atoms with Crippen LogP contribution >= 0.6 is 0 Å². The molecule has 0 aliphatic heterocycles. The standard InChI is InChI=1S/C14H15N5O2/c15-14-16-8-12(19(20)21)13(18-14)17-11-7-3-5-9-4-1-2-6-10(9)11/h3,5,7-8H,1-2,4,6H2,(H3,15,16,17,18). The number of anilines is 3. The fraction of sp³-hybridized carbons (Fsp3) is 0.286. The lowest BCUT2D eigenvalue weighted by atomic mass is 9.90. The number of aryl methyl sites for hydroxylation is 1. The summed E-state index contributed by atoms with van der Waals surface area (Å²) in [6, 6.07) is 5.96. The number of nitrogen functional groups attached to an aromatic ring is 1. The van der Waals surface area contributed by atoms with Crippen LogP contribution in [0.4, 0.5) is 23.1 Å². The number of rotatable bonds is 3. The van der Waals surface area contributed by atoms with Crippen LogP contribution in [0.3, 0.4) is 0 Å². The summed E-state index contributed by atoms with van der Waals surface area (Å²) in [5, 5.41) is 14.1. The maximum absolute atomic E-state index is 11.1. The Labute approximate surface area is 121 Å². The van der Waals surface area contributed by atoms with Gasteiger partial charge in [-0.3, -0.25) is 10.1 Å². The first-order chi connectivity index (χ1) is 10.1. The fourth-order valence-electron chi connectivity index (χ4n) is 2.64. The van der Waals surface area contributed by atoms with Crippen LogP contribution in [0.5, 0.6) is 0 Å². The van der Waals surface area contributed by atoms with E-state index in [-0.39, 0.29) is 17.5 Å². The second-order valence-corrected chi connectivity index (χ2v) is 4.99. The van der Waals surface area contributed by atoms with E-state index in [0.717, 1.165) is 31.1 Å². The highest BCUT2D eigenvalue weighted by molar-refractivity contribution is 5.69. The lowest BCUT2D eigenvalue weighted by Crippen LogP contribution is -2.08. The second kappa shape index (κ2) is 5.35. The zero-order valence-electron chi connectivity index (χ0n) is 11.4. The molecule has 0 fully saturated rings. The first-order valence-corrected chi connectivity index (χ1v) is 6.80. The van der Waals surface area contributed by atoms with E-state index in [9.17, 15) is 10.1 Å². The highest BCUT2D eigenvalue weighted by Gasteiger charge is 2.19. The number of nitrogens with two attached hydrogens (primary N) is 1. The molecule has 2 aromatic rings. The fourth-order valence-corrected chi connectivity index (χ4v) is 2.64. The van der Waals surface area contributed by atoms with Crippen LogP contribution in [0.25, 0.3) is 0 Å². The molecule has 3 rings (SSSR count). The molecule has 0 amide bonds. The molecule has 0 atom stereocenters. The van der Waals surface area contributed by atoms with Gasteiger partial charge in [-0.1, -0.05) is 12.1 Å². The normalized spacial score (nSPS) is 13.5. The van der Waals surface area contributed by atoms with Gasteiger partial charge in [-0.25, -0.2) is 4.98 Å². The second-order valence-electron chi connectivity index (χ2n) is 4.99. The van der Waals surface area contributed by atoms with E-state index >= 15 is 0 Å². The summed E-state index contributed by atoms with van der Waals surface area (Å²) in [5.74, 6) is 0.138. The van der Waals surface area contributed by atoms with Crippen molar-refractivity contribution in [1.29, 1.82) is 0 Å². The number of fused-ring (bicyclic) bond motifs is 1. The molecule has 0 spiro atoms. The molecule has 1 heterocycles. The summed E-state index contributed by atoms with van der Waals surface area (Å²) in [6.45, 7) is 0. The lowest BCUT2D eigenvalue weighted by molar-refractivity contribution is -0.384. The van der Waals surface area contributed by atoms with Crippen LogP contribution in [0.15, 0.2) is 24.4 Å². The molecule has 1 aromatic heterocycles. The number of hydrogen-bond acceptors (Lipinski definition) is 6. The van der Waals surface area contributed by atoms with Gasteiger partial charge in [0.15, 0.2) is 0 Å². The molecule has 108 valence electrons. The smallest absolute Gasteiger partial charge is 0.329 e. The maximum atomic E-state index is 11.1. The van der Waals surface area contributed by atoms with Crippen LogP contribution < -0.4 is 11.1 Å². The SMILES string of the molecule is Nc1ncc([N+](=O)[O-])c(Nc2cccc3c2CCCC3)n1. The summed E-state index contributed by atoms with van der Waals surface area (Å²) in [5.41, 5.74) is 8.70. The predicted octanol–water partition coefficient (Wildman–Crippen LogP) is 2.59. The highest BCUT2D eigenvalue weighted by atomic mass is 16.6. The van der Waals surface area contributed by atoms with Gasteiger partial charge in [0.1, 0.15) is 6.20 Å². The van der Waals surface area contributed by atoms with Crippen molar-refractivity contribution in [2.24, 2.45) is 0 Å². The Kier molecular flexibility index (Phi) is 3.39. The van der Waals surface area contributed by atoms with Gasteiger partial charge in [-0.05, 0) is 42.9 Å². The third-order valence-electron chi connectivity index (χ3n) is 3.63. The van der Waals surface area contributed by atoms with Crippen LogP contribution in [-0.4, -0.2) is 14.9 Å². The first-order valence-electron chi connectivity index (χ1n) is 6.80. The minimum atomic E-state index is -0.517. The Balaban J connectivity index is 2.01. The van der Waals surface area contributed by atoms with Crippen molar-refractivity contribution in [2.45, 2.75) is 25.7 Å². The largest absolute Gasteiger partial charge is 0.368 e. The number of nitrogens with one attached hydrogen (secondary N) is 1. The Morgan fingerprint density at radius 2 is 2.10 bits per heavy atom. The summed E-state index contributed by atoms with van der Waals surface area (Å²) in [6.07, 6.45) is 5.43. The number of hydrogen-bond donors (Lipinski definition) is 2. The van der Waals surface area contributed by atoms with Crippen LogP contribution in [-0.2, 0) is 12.8 Å². The molecule has 0 saturated heterocycles. The van der Waals surface area contributed by atoms with Crippen LogP contribution in [0, 0.1) is 10.1 Å². The summed E-state index contributed by atoms with van der Waals surface area (Å²) in [4.78, 5) is 18.2. The van der Waals surface area contributed by atoms with Crippen molar-refractivity contribution in [3.63, 3.8) is 0 Å². The third-order valence-corrected chi connectivity index (χ3v) is 3.63. The molecule has 3 N–H and O–H groups in total. The molecular formula is C14H15N5O2. The van der Waals surface area contributed by atoms with Crippen LogP contribution in [0.1, 0.15) is 24.0 Å². The molecule has 1 aliphatic carbocycles. The van der Waals surface area contributed by atoms with Gasteiger partial charge in [0, 0.05) is 5.69 Å². The van der Waals surface area contributed by atoms with E-state index < -0.39 is 4.92 Å². The quantitative estimate of drug-likeness (QED) is 0.663. The molecule has 0 radical (unpaired) electrons. The van der Waals surface area contributed by atoms with Crippen LogP contribution in [0.2, 0.25) is 0 Å². The maximum Gasteiger partial charge on any atom is 0.329 e. The number of nitro groups is 1. The van der Waals surface area contributed by atoms with Crippen molar-refractivity contribution in [3.8, 4) is 0 Å². The van der Waals surface area contributed by atoms with E-state index in [0.29, 0.717) is 0 Å². The average Bonchev–Trinajstić information content (AvgIpc) is 2.47. The van der Waals surface area contributed by atoms with E-state index in [1.165, 1.54) is 17.5 Å². The zero-order chi connectivity index (χ0) is 14.8. The molecule has 1 aliphatic rings. The van der Waals surface area contributed by atoms with Crippen molar-refractivity contribution in [3.05, 3.63) is 45.6 Å². The lowest BCUT2D eigenvalue weighted by Gasteiger charge is -2.19. The summed E-state index contributed by atoms with van der Waals surface area (Å²) < 4.78 is 0. The minimum Gasteiger partial charge on any atom is -0.368 e. The van der Waals surface area contributed by atoms with Crippen molar-refractivity contribution in [2.75, 3.05) is 11.1 Å². The molecule has 0 unspecified atom stereocenters. The molecule has 7 nitrogen and oxygen atoms in total. The molecule has 21 heavy (non-hydrogen) atoms. The van der Waals surface area contributed by atoms with Crippen molar-refractivity contribution >= 4 is 23.1 Å².